The van der Waals surface area contributed by atoms with Crippen LogP contribution in [0.15, 0.2) is 34.8 Å². The van der Waals surface area contributed by atoms with Crippen molar-refractivity contribution in [2.24, 2.45) is 0 Å². The van der Waals surface area contributed by atoms with Gasteiger partial charge in [-0.05, 0) is 18.2 Å². The number of rotatable bonds is 3. The number of aromatic nitrogens is 1. The summed E-state index contributed by atoms with van der Waals surface area (Å²) in [5.41, 5.74) is 6.77. The van der Waals surface area contributed by atoms with Crippen molar-refractivity contribution in [1.29, 1.82) is 0 Å². The van der Waals surface area contributed by atoms with E-state index in [1.807, 2.05) is 0 Å². The molecule has 0 saturated heterocycles. The summed E-state index contributed by atoms with van der Waals surface area (Å²) in [4.78, 5) is 4.33. The zero-order valence-electron chi connectivity index (χ0n) is 8.63. The van der Waals surface area contributed by atoms with Gasteiger partial charge in [0.1, 0.15) is 5.82 Å². The third-order valence-electron chi connectivity index (χ3n) is 2.15. The van der Waals surface area contributed by atoms with Crippen LogP contribution in [0.2, 0.25) is 0 Å². The number of sulfone groups is 1. The molecule has 1 heterocycles. The van der Waals surface area contributed by atoms with Crippen LogP contribution < -0.4 is 5.73 Å². The molecule has 0 radical (unpaired) electrons. The Morgan fingerprint density at radius 3 is 2.76 bits per heavy atom. The fraction of sp³-hybridized carbons (Fsp3) is 0.100. The first kappa shape index (κ1) is 12.0. The van der Waals surface area contributed by atoms with Crippen molar-refractivity contribution in [2.75, 3.05) is 5.73 Å². The van der Waals surface area contributed by atoms with Gasteiger partial charge in [0.25, 0.3) is 0 Å². The summed E-state index contributed by atoms with van der Waals surface area (Å²) in [6.07, 6.45) is 1.48. The highest BCUT2D eigenvalue weighted by Gasteiger charge is 2.17. The number of benzene rings is 1. The van der Waals surface area contributed by atoms with Crippen molar-refractivity contribution in [3.63, 3.8) is 0 Å². The standard InChI is InChI=1S/C10H9FN2O2S2/c11-9-3-8(1-2-10(9)12)17(14,15)5-7-4-13-6-16-7/h1-4,6H,5,12H2. The van der Waals surface area contributed by atoms with Crippen LogP contribution in [0, 0.1) is 5.82 Å². The maximum absolute atomic E-state index is 13.2. The lowest BCUT2D eigenvalue weighted by atomic mass is 10.3. The van der Waals surface area contributed by atoms with E-state index in [1.54, 1.807) is 5.51 Å². The molecule has 0 atom stereocenters. The summed E-state index contributed by atoms with van der Waals surface area (Å²) in [5, 5.41) is 0. The van der Waals surface area contributed by atoms with Crippen molar-refractivity contribution < 1.29 is 12.8 Å². The predicted octanol–water partition coefficient (Wildman–Crippen LogP) is 1.84. The van der Waals surface area contributed by atoms with Gasteiger partial charge in [0, 0.05) is 11.1 Å². The second-order valence-electron chi connectivity index (χ2n) is 3.41. The minimum absolute atomic E-state index is 0.0678. The number of hydrogen-bond donors (Lipinski definition) is 1. The summed E-state index contributed by atoms with van der Waals surface area (Å²) in [6, 6.07) is 3.48. The molecule has 0 aliphatic carbocycles. The zero-order valence-corrected chi connectivity index (χ0v) is 10.3. The third kappa shape index (κ3) is 2.62. The highest BCUT2D eigenvalue weighted by molar-refractivity contribution is 7.90. The Balaban J connectivity index is 2.35. The van der Waals surface area contributed by atoms with Gasteiger partial charge >= 0.3 is 0 Å². The summed E-state index contributed by atoms with van der Waals surface area (Å²) in [5.74, 6) is -0.906. The molecule has 4 nitrogen and oxygen atoms in total. The molecule has 7 heteroatoms. The van der Waals surface area contributed by atoms with Crippen LogP contribution in [0.25, 0.3) is 0 Å². The molecule has 0 bridgehead atoms. The quantitative estimate of drug-likeness (QED) is 0.865. The van der Waals surface area contributed by atoms with Crippen LogP contribution in [0.3, 0.4) is 0 Å². The van der Waals surface area contributed by atoms with Crippen molar-refractivity contribution in [2.45, 2.75) is 10.6 Å². The minimum Gasteiger partial charge on any atom is -0.396 e. The van der Waals surface area contributed by atoms with Gasteiger partial charge in [-0.1, -0.05) is 0 Å². The zero-order chi connectivity index (χ0) is 12.5. The van der Waals surface area contributed by atoms with Crippen LogP contribution in [-0.2, 0) is 15.6 Å². The summed E-state index contributed by atoms with van der Waals surface area (Å²) in [7, 11) is -3.55. The number of anilines is 1. The highest BCUT2D eigenvalue weighted by atomic mass is 32.2. The van der Waals surface area contributed by atoms with Gasteiger partial charge in [-0.2, -0.15) is 0 Å². The second kappa shape index (κ2) is 4.42. The molecule has 17 heavy (non-hydrogen) atoms. The predicted molar refractivity (Wildman–Crippen MR) is 63.8 cm³/mol. The maximum atomic E-state index is 13.2. The summed E-state index contributed by atoms with van der Waals surface area (Å²) in [6.45, 7) is 0. The molecular weight excluding hydrogens is 263 g/mol. The van der Waals surface area contributed by atoms with E-state index in [2.05, 4.69) is 4.98 Å². The minimum atomic E-state index is -3.55. The van der Waals surface area contributed by atoms with Gasteiger partial charge in [-0.3, -0.25) is 4.98 Å². The Kier molecular flexibility index (Phi) is 3.12. The van der Waals surface area contributed by atoms with Crippen molar-refractivity contribution in [1.82, 2.24) is 4.98 Å². The molecule has 0 aliphatic heterocycles. The molecule has 90 valence electrons. The van der Waals surface area contributed by atoms with E-state index in [4.69, 9.17) is 5.73 Å². The molecule has 0 saturated carbocycles. The Hall–Kier alpha value is -1.47. The van der Waals surface area contributed by atoms with Crippen LogP contribution in [-0.4, -0.2) is 13.4 Å². The van der Waals surface area contributed by atoms with E-state index >= 15 is 0 Å². The van der Waals surface area contributed by atoms with Gasteiger partial charge in [0.05, 0.1) is 21.8 Å². The third-order valence-corrected chi connectivity index (χ3v) is 4.77. The molecular formula is C10H9FN2O2S2. The first-order chi connectivity index (χ1) is 7.99. The van der Waals surface area contributed by atoms with Crippen molar-refractivity contribution in [3.8, 4) is 0 Å². The Morgan fingerprint density at radius 2 is 2.18 bits per heavy atom. The lowest BCUT2D eigenvalue weighted by Crippen LogP contribution is -2.05. The SMILES string of the molecule is Nc1ccc(S(=O)(=O)Cc2cncs2)cc1F. The van der Waals surface area contributed by atoms with E-state index in [-0.39, 0.29) is 16.3 Å². The first-order valence-electron chi connectivity index (χ1n) is 4.64. The number of halogens is 1. The Morgan fingerprint density at radius 1 is 1.41 bits per heavy atom. The van der Waals surface area contributed by atoms with Gasteiger partial charge in [-0.15, -0.1) is 11.3 Å². The number of hydrogen-bond acceptors (Lipinski definition) is 5. The van der Waals surface area contributed by atoms with E-state index < -0.39 is 15.7 Å². The van der Waals surface area contributed by atoms with Crippen LogP contribution >= 0.6 is 11.3 Å². The maximum Gasteiger partial charge on any atom is 0.183 e. The van der Waals surface area contributed by atoms with Gasteiger partial charge in [-0.25, -0.2) is 12.8 Å². The molecule has 0 spiro atoms. The molecule has 0 unspecified atom stereocenters. The van der Waals surface area contributed by atoms with Gasteiger partial charge in [0.15, 0.2) is 9.84 Å². The monoisotopic (exact) mass is 272 g/mol. The van der Waals surface area contributed by atoms with E-state index in [0.29, 0.717) is 4.88 Å². The van der Waals surface area contributed by atoms with E-state index in [0.717, 1.165) is 6.07 Å². The molecule has 2 N–H and O–H groups in total. The van der Waals surface area contributed by atoms with Crippen molar-refractivity contribution in [3.05, 3.63) is 40.6 Å². The lowest BCUT2D eigenvalue weighted by Gasteiger charge is -2.04. The number of thiazole rings is 1. The summed E-state index contributed by atoms with van der Waals surface area (Å²) < 4.78 is 37.1. The van der Waals surface area contributed by atoms with Crippen LogP contribution in [0.1, 0.15) is 4.88 Å². The molecule has 0 aliphatic rings. The fourth-order valence-corrected chi connectivity index (χ4v) is 3.58. The molecule has 0 amide bonds. The smallest absolute Gasteiger partial charge is 0.183 e. The van der Waals surface area contributed by atoms with Crippen LogP contribution in [0.4, 0.5) is 10.1 Å². The Labute approximate surface area is 102 Å². The molecule has 2 rings (SSSR count). The molecule has 2 aromatic rings. The van der Waals surface area contributed by atoms with Crippen LogP contribution in [0.5, 0.6) is 0 Å². The largest absolute Gasteiger partial charge is 0.396 e. The van der Waals surface area contributed by atoms with Gasteiger partial charge < -0.3 is 5.73 Å². The highest BCUT2D eigenvalue weighted by Crippen LogP contribution is 2.21. The molecule has 1 aromatic carbocycles. The van der Waals surface area contributed by atoms with E-state index in [1.165, 1.54) is 29.7 Å². The van der Waals surface area contributed by atoms with Gasteiger partial charge in [0.2, 0.25) is 0 Å². The number of nitrogen functional groups attached to an aromatic ring is 1. The molecule has 0 fully saturated rings. The van der Waals surface area contributed by atoms with Crippen molar-refractivity contribution >= 4 is 26.9 Å². The summed E-state index contributed by atoms with van der Waals surface area (Å²) >= 11 is 1.24. The number of nitrogens with two attached hydrogens (primary N) is 1. The fourth-order valence-electron chi connectivity index (χ4n) is 1.29. The average molecular weight is 272 g/mol. The second-order valence-corrected chi connectivity index (χ2v) is 6.37. The van der Waals surface area contributed by atoms with E-state index in [9.17, 15) is 12.8 Å². The Bertz CT molecular complexity index is 624. The average Bonchev–Trinajstić information content (AvgIpc) is 2.73. The topological polar surface area (TPSA) is 73.1 Å². The lowest BCUT2D eigenvalue weighted by molar-refractivity contribution is 0.591. The molecule has 1 aromatic heterocycles. The normalized spacial score (nSPS) is 11.6. The number of nitrogens with zero attached hydrogens (tertiary/aromatic N) is 1. The first-order valence-corrected chi connectivity index (χ1v) is 7.17.